The van der Waals surface area contributed by atoms with Gasteiger partial charge in [-0.3, -0.25) is 4.79 Å². The molecule has 1 heterocycles. The standard InChI is InChI=1S/C22H24N4O3/c1-4-28-19-11-7-5-9-16(19)26-22(27)18-13-24-21(14-23-18)25-17-10-6-8-12-20(17)29-15(2)3/h5-15H,4H2,1-3H3,(H,24,25)(H,26,27). The van der Waals surface area contributed by atoms with Crippen molar-refractivity contribution in [3.8, 4) is 11.5 Å². The molecule has 0 unspecified atom stereocenters. The van der Waals surface area contributed by atoms with Crippen molar-refractivity contribution in [2.45, 2.75) is 26.9 Å². The van der Waals surface area contributed by atoms with Gasteiger partial charge in [0.25, 0.3) is 5.91 Å². The van der Waals surface area contributed by atoms with Crippen LogP contribution in [0.25, 0.3) is 0 Å². The highest BCUT2D eigenvalue weighted by Crippen LogP contribution is 2.27. The summed E-state index contributed by atoms with van der Waals surface area (Å²) in [5.41, 5.74) is 1.56. The molecule has 2 N–H and O–H groups in total. The summed E-state index contributed by atoms with van der Waals surface area (Å²) in [5.74, 6) is 1.48. The maximum Gasteiger partial charge on any atom is 0.275 e. The van der Waals surface area contributed by atoms with Crippen molar-refractivity contribution in [1.29, 1.82) is 0 Å². The molecule has 1 amide bonds. The SMILES string of the molecule is CCOc1ccccc1NC(=O)c1cnc(Nc2ccccc2OC(C)C)cn1. The van der Waals surface area contributed by atoms with Gasteiger partial charge in [-0.15, -0.1) is 0 Å². The van der Waals surface area contributed by atoms with Crippen LogP contribution in [0.3, 0.4) is 0 Å². The molecular formula is C22H24N4O3. The number of nitrogens with zero attached hydrogens (tertiary/aromatic N) is 2. The van der Waals surface area contributed by atoms with E-state index in [0.29, 0.717) is 23.9 Å². The zero-order valence-electron chi connectivity index (χ0n) is 16.7. The van der Waals surface area contributed by atoms with Gasteiger partial charge >= 0.3 is 0 Å². The lowest BCUT2D eigenvalue weighted by Gasteiger charge is -2.15. The zero-order chi connectivity index (χ0) is 20.6. The number of rotatable bonds is 8. The molecule has 0 radical (unpaired) electrons. The van der Waals surface area contributed by atoms with E-state index in [0.717, 1.165) is 11.4 Å². The van der Waals surface area contributed by atoms with E-state index in [1.807, 2.05) is 57.2 Å². The average molecular weight is 392 g/mol. The average Bonchev–Trinajstić information content (AvgIpc) is 2.71. The number of carbonyl (C=O) groups excluding carboxylic acids is 1. The monoisotopic (exact) mass is 392 g/mol. The van der Waals surface area contributed by atoms with E-state index in [1.54, 1.807) is 12.1 Å². The highest BCUT2D eigenvalue weighted by Gasteiger charge is 2.12. The summed E-state index contributed by atoms with van der Waals surface area (Å²) in [4.78, 5) is 21.0. The molecule has 0 saturated carbocycles. The fraction of sp³-hybridized carbons (Fsp3) is 0.227. The topological polar surface area (TPSA) is 85.4 Å². The minimum absolute atomic E-state index is 0.0506. The number of hydrogen-bond acceptors (Lipinski definition) is 6. The quantitative estimate of drug-likeness (QED) is 0.580. The van der Waals surface area contributed by atoms with Crippen LogP contribution in [-0.2, 0) is 0 Å². The molecule has 2 aromatic carbocycles. The molecule has 150 valence electrons. The fourth-order valence-electron chi connectivity index (χ4n) is 2.61. The smallest absolute Gasteiger partial charge is 0.275 e. The fourth-order valence-corrected chi connectivity index (χ4v) is 2.61. The maximum atomic E-state index is 12.5. The second kappa shape index (κ2) is 9.54. The minimum atomic E-state index is -0.361. The number of carbonyl (C=O) groups is 1. The predicted octanol–water partition coefficient (Wildman–Crippen LogP) is 4.66. The van der Waals surface area contributed by atoms with Gasteiger partial charge in [-0.25, -0.2) is 9.97 Å². The van der Waals surface area contributed by atoms with Crippen molar-refractivity contribution in [1.82, 2.24) is 9.97 Å². The van der Waals surface area contributed by atoms with Crippen LogP contribution in [0.4, 0.5) is 17.2 Å². The Morgan fingerprint density at radius 2 is 1.66 bits per heavy atom. The first-order chi connectivity index (χ1) is 14.1. The highest BCUT2D eigenvalue weighted by molar-refractivity contribution is 6.03. The molecule has 0 fully saturated rings. The summed E-state index contributed by atoms with van der Waals surface area (Å²) in [6.07, 6.45) is 2.98. The van der Waals surface area contributed by atoms with Gasteiger partial charge in [-0.2, -0.15) is 0 Å². The Morgan fingerprint density at radius 3 is 2.31 bits per heavy atom. The Bertz CT molecular complexity index is 958. The number of aromatic nitrogens is 2. The van der Waals surface area contributed by atoms with Crippen LogP contribution in [0, 0.1) is 0 Å². The van der Waals surface area contributed by atoms with Gasteiger partial charge in [0.05, 0.1) is 36.5 Å². The number of amides is 1. The van der Waals surface area contributed by atoms with Crippen LogP contribution in [-0.4, -0.2) is 28.6 Å². The van der Waals surface area contributed by atoms with Crippen LogP contribution in [0.5, 0.6) is 11.5 Å². The second-order valence-electron chi connectivity index (χ2n) is 6.46. The van der Waals surface area contributed by atoms with Crippen LogP contribution < -0.4 is 20.1 Å². The Balaban J connectivity index is 1.70. The van der Waals surface area contributed by atoms with Gasteiger partial charge in [-0.1, -0.05) is 24.3 Å². The van der Waals surface area contributed by atoms with Crippen LogP contribution >= 0.6 is 0 Å². The van der Waals surface area contributed by atoms with E-state index >= 15 is 0 Å². The van der Waals surface area contributed by atoms with Crippen LogP contribution in [0.2, 0.25) is 0 Å². The summed E-state index contributed by atoms with van der Waals surface area (Å²) >= 11 is 0. The molecule has 0 atom stereocenters. The molecule has 3 rings (SSSR count). The maximum absolute atomic E-state index is 12.5. The first-order valence-corrected chi connectivity index (χ1v) is 9.44. The molecule has 0 spiro atoms. The lowest BCUT2D eigenvalue weighted by molar-refractivity contribution is 0.102. The molecule has 3 aromatic rings. The summed E-state index contributed by atoms with van der Waals surface area (Å²) < 4.78 is 11.3. The summed E-state index contributed by atoms with van der Waals surface area (Å²) in [6, 6.07) is 14.8. The number of benzene rings is 2. The van der Waals surface area contributed by atoms with E-state index in [4.69, 9.17) is 9.47 Å². The highest BCUT2D eigenvalue weighted by atomic mass is 16.5. The molecule has 0 saturated heterocycles. The molecule has 1 aromatic heterocycles. The third-order valence-electron chi connectivity index (χ3n) is 3.83. The molecule has 29 heavy (non-hydrogen) atoms. The molecular weight excluding hydrogens is 368 g/mol. The van der Waals surface area contributed by atoms with E-state index in [-0.39, 0.29) is 17.7 Å². The Kier molecular flexibility index (Phi) is 6.63. The van der Waals surface area contributed by atoms with E-state index in [9.17, 15) is 4.79 Å². The lowest BCUT2D eigenvalue weighted by atomic mass is 10.2. The normalized spacial score (nSPS) is 10.5. The number of para-hydroxylation sites is 4. The summed E-state index contributed by atoms with van der Waals surface area (Å²) in [5, 5.41) is 5.97. The third kappa shape index (κ3) is 5.44. The van der Waals surface area contributed by atoms with Gasteiger partial charge in [0.15, 0.2) is 0 Å². The molecule has 0 aliphatic rings. The van der Waals surface area contributed by atoms with E-state index in [2.05, 4.69) is 20.6 Å². The first-order valence-electron chi connectivity index (χ1n) is 9.44. The van der Waals surface area contributed by atoms with Crippen molar-refractivity contribution in [3.63, 3.8) is 0 Å². The first kappa shape index (κ1) is 20.1. The van der Waals surface area contributed by atoms with Crippen molar-refractivity contribution in [2.75, 3.05) is 17.2 Å². The van der Waals surface area contributed by atoms with Crippen LogP contribution in [0.1, 0.15) is 31.3 Å². The van der Waals surface area contributed by atoms with Gasteiger partial charge < -0.3 is 20.1 Å². The molecule has 0 aliphatic carbocycles. The number of nitrogens with one attached hydrogen (secondary N) is 2. The Morgan fingerprint density at radius 1 is 0.966 bits per heavy atom. The van der Waals surface area contributed by atoms with Crippen molar-refractivity contribution in [2.24, 2.45) is 0 Å². The molecule has 0 aliphatic heterocycles. The summed E-state index contributed by atoms with van der Waals surface area (Å²) in [6.45, 7) is 6.33. The van der Waals surface area contributed by atoms with Crippen LogP contribution in [0.15, 0.2) is 60.9 Å². The molecule has 7 nitrogen and oxygen atoms in total. The summed E-state index contributed by atoms with van der Waals surface area (Å²) in [7, 11) is 0. The Labute approximate surface area is 170 Å². The van der Waals surface area contributed by atoms with Gasteiger partial charge in [0.1, 0.15) is 23.0 Å². The molecule has 0 bridgehead atoms. The van der Waals surface area contributed by atoms with Crippen molar-refractivity contribution >= 4 is 23.1 Å². The lowest BCUT2D eigenvalue weighted by Crippen LogP contribution is -2.15. The third-order valence-corrected chi connectivity index (χ3v) is 3.83. The predicted molar refractivity (Wildman–Crippen MR) is 113 cm³/mol. The van der Waals surface area contributed by atoms with E-state index in [1.165, 1.54) is 12.4 Å². The number of ether oxygens (including phenoxy) is 2. The number of hydrogen-bond donors (Lipinski definition) is 2. The van der Waals surface area contributed by atoms with E-state index < -0.39 is 0 Å². The van der Waals surface area contributed by atoms with Gasteiger partial charge in [0.2, 0.25) is 0 Å². The van der Waals surface area contributed by atoms with Gasteiger partial charge in [-0.05, 0) is 45.0 Å². The van der Waals surface area contributed by atoms with Crippen molar-refractivity contribution < 1.29 is 14.3 Å². The number of anilines is 3. The van der Waals surface area contributed by atoms with Gasteiger partial charge in [0, 0.05) is 0 Å². The zero-order valence-corrected chi connectivity index (χ0v) is 16.7. The largest absolute Gasteiger partial charge is 0.492 e. The molecule has 7 heteroatoms. The Hall–Kier alpha value is -3.61. The minimum Gasteiger partial charge on any atom is -0.492 e. The second-order valence-corrected chi connectivity index (χ2v) is 6.46. The van der Waals surface area contributed by atoms with Crippen molar-refractivity contribution in [3.05, 3.63) is 66.6 Å².